The summed E-state index contributed by atoms with van der Waals surface area (Å²) in [7, 11) is 1.45. The van der Waals surface area contributed by atoms with Crippen LogP contribution in [-0.2, 0) is 9.47 Å². The maximum atomic E-state index is 13.9. The van der Waals surface area contributed by atoms with E-state index in [2.05, 4.69) is 34.4 Å². The van der Waals surface area contributed by atoms with Crippen LogP contribution >= 0.6 is 23.2 Å². The quantitative estimate of drug-likeness (QED) is 0.0317. The first-order valence-corrected chi connectivity index (χ1v) is 18.2. The first kappa shape index (κ1) is 42.4. The Morgan fingerprint density at radius 1 is 0.981 bits per heavy atom. The number of anilines is 1. The Morgan fingerprint density at radius 3 is 2.32 bits per heavy atom. The van der Waals surface area contributed by atoms with Gasteiger partial charge in [-0.15, -0.1) is 23.2 Å². The van der Waals surface area contributed by atoms with Crippen molar-refractivity contribution in [2.75, 3.05) is 44.1 Å². The van der Waals surface area contributed by atoms with Gasteiger partial charge in [0.2, 0.25) is 0 Å². The van der Waals surface area contributed by atoms with E-state index in [1.54, 1.807) is 36.4 Å². The zero-order valence-electron chi connectivity index (χ0n) is 29.8. The van der Waals surface area contributed by atoms with Crippen molar-refractivity contribution in [1.82, 2.24) is 15.6 Å². The Balaban J connectivity index is 0.00000243. The molecule has 5 N–H and O–H groups in total. The van der Waals surface area contributed by atoms with Crippen LogP contribution < -0.4 is 20.7 Å². The fourth-order valence-corrected chi connectivity index (χ4v) is 4.98. The van der Waals surface area contributed by atoms with Crippen molar-refractivity contribution >= 4 is 64.7 Å². The van der Waals surface area contributed by atoms with E-state index in [-0.39, 0.29) is 52.5 Å². The number of unbranched alkanes of at least 4 members (excludes halogenated alkanes) is 3. The second kappa shape index (κ2) is 22.2. The molecule has 1 saturated carbocycles. The van der Waals surface area contributed by atoms with E-state index in [1.165, 1.54) is 25.3 Å². The average Bonchev–Trinajstić information content (AvgIpc) is 4.00. The predicted octanol–water partition coefficient (Wildman–Crippen LogP) is 6.99. The normalized spacial score (nSPS) is 11.6. The molecule has 1 heterocycles. The average molecular weight is 771 g/mol. The van der Waals surface area contributed by atoms with Gasteiger partial charge < -0.3 is 30.0 Å². The number of aromatic nitrogens is 1. The molecule has 1 fully saturated rings. The Labute approximate surface area is 318 Å². The van der Waals surface area contributed by atoms with Crippen LogP contribution in [0.1, 0.15) is 87.9 Å². The number of nitrogens with one attached hydrogen (secondary N) is 4. The number of methoxy groups -OCH3 is 1. The number of ether oxygens (including phenoxy) is 3. The summed E-state index contributed by atoms with van der Waals surface area (Å²) >= 11 is 9.53. The number of halogens is 2. The summed E-state index contributed by atoms with van der Waals surface area (Å²) in [4.78, 5) is 56.4. The lowest BCUT2D eigenvalue weighted by atomic mass is 9.94. The van der Waals surface area contributed by atoms with Crippen LogP contribution in [0, 0.1) is 11.3 Å². The zero-order chi connectivity index (χ0) is 38.8. The van der Waals surface area contributed by atoms with Crippen molar-refractivity contribution in [1.29, 1.82) is 5.41 Å². The molecule has 13 nitrogen and oxygen atoms in total. The molecule has 4 rings (SSSR count). The van der Waals surface area contributed by atoms with E-state index in [0.717, 1.165) is 38.5 Å². The van der Waals surface area contributed by atoms with E-state index in [0.29, 0.717) is 35.0 Å². The molecule has 0 atom stereocenters. The molecule has 0 spiro atoms. The molecule has 0 radical (unpaired) electrons. The van der Waals surface area contributed by atoms with E-state index in [9.17, 15) is 24.3 Å². The van der Waals surface area contributed by atoms with Crippen LogP contribution in [0.2, 0.25) is 0 Å². The highest BCUT2D eigenvalue weighted by molar-refractivity contribution is 6.40. The molecule has 3 aromatic rings. The predicted molar refractivity (Wildman–Crippen MR) is 205 cm³/mol. The van der Waals surface area contributed by atoms with Crippen molar-refractivity contribution in [3.8, 4) is 16.9 Å². The molecule has 15 heteroatoms. The Kier molecular flexibility index (Phi) is 17.7. The summed E-state index contributed by atoms with van der Waals surface area (Å²) in [5.74, 6) is -1.27. The molecular formula is C38H45Cl2N5O8. The fourth-order valence-electron chi connectivity index (χ4n) is 4.98. The molecule has 284 valence electrons. The van der Waals surface area contributed by atoms with Gasteiger partial charge in [0.1, 0.15) is 23.9 Å². The minimum atomic E-state index is -0.893. The van der Waals surface area contributed by atoms with Gasteiger partial charge in [-0.05, 0) is 73.7 Å². The highest BCUT2D eigenvalue weighted by Gasteiger charge is 2.26. The smallest absolute Gasteiger partial charge is 0.412 e. The third-order valence-electron chi connectivity index (χ3n) is 7.91. The lowest BCUT2D eigenvalue weighted by Crippen LogP contribution is -2.31. The largest absolute Gasteiger partial charge is 0.496 e. The maximum Gasteiger partial charge on any atom is 0.412 e. The van der Waals surface area contributed by atoms with Gasteiger partial charge in [-0.2, -0.15) is 0 Å². The number of alkyl halides is 2. The molecule has 3 amide bonds. The number of alkyl carbamates (subject to hydrolysis) is 1. The minimum Gasteiger partial charge on any atom is -0.496 e. The van der Waals surface area contributed by atoms with Gasteiger partial charge in [-0.1, -0.05) is 38.8 Å². The van der Waals surface area contributed by atoms with Gasteiger partial charge in [0.15, 0.2) is 5.69 Å². The second-order valence-electron chi connectivity index (χ2n) is 11.8. The van der Waals surface area contributed by atoms with Gasteiger partial charge in [0.25, 0.3) is 11.8 Å². The molecule has 1 aromatic heterocycles. The summed E-state index contributed by atoms with van der Waals surface area (Å²) in [5.41, 5.74) is 1.62. The van der Waals surface area contributed by atoms with Crippen molar-refractivity contribution in [3.63, 3.8) is 0 Å². The molecular weight excluding hydrogens is 725 g/mol. The second-order valence-corrected chi connectivity index (χ2v) is 12.6. The van der Waals surface area contributed by atoms with E-state index >= 15 is 0 Å². The number of carbonyl (C=O) groups excluding carboxylic acids is 4. The zero-order valence-corrected chi connectivity index (χ0v) is 31.3. The number of carbonyl (C=O) groups is 4. The van der Waals surface area contributed by atoms with Gasteiger partial charge in [0, 0.05) is 40.0 Å². The van der Waals surface area contributed by atoms with Gasteiger partial charge >= 0.3 is 12.1 Å². The summed E-state index contributed by atoms with van der Waals surface area (Å²) in [6.45, 7) is 5.97. The highest BCUT2D eigenvalue weighted by atomic mass is 35.5. The van der Waals surface area contributed by atoms with Crippen LogP contribution in [0.3, 0.4) is 0 Å². The summed E-state index contributed by atoms with van der Waals surface area (Å²) < 4.78 is 15.9. The number of nitrogens with zero attached hydrogens (tertiary/aromatic N) is 1. The number of aliphatic hydroxyl groups excluding tert-OH is 1. The van der Waals surface area contributed by atoms with Crippen molar-refractivity contribution in [3.05, 3.63) is 83.2 Å². The fraction of sp³-hybridized carbons (Fsp3) is 0.368. The molecule has 1 aliphatic rings. The Bertz CT molecular complexity index is 1750. The lowest BCUT2D eigenvalue weighted by Gasteiger charge is -2.17. The summed E-state index contributed by atoms with van der Waals surface area (Å²) in [6.07, 6.45) is 6.73. The lowest BCUT2D eigenvalue weighted by molar-refractivity contribution is 0.0427. The maximum absolute atomic E-state index is 13.9. The van der Waals surface area contributed by atoms with Crippen molar-refractivity contribution in [2.24, 2.45) is 5.92 Å². The number of esters is 1. The number of aliphatic hydroxyl groups is 1. The first-order chi connectivity index (χ1) is 25.6. The van der Waals surface area contributed by atoms with Gasteiger partial charge in [-0.3, -0.25) is 20.3 Å². The standard InChI is InChI=1S/C37H43N5O8.CH2Cl2/c1-4-6-7-8-18-50-37(47)42-33(38)25-11-13-26(14-12-25)40-34(44)29-20-24(5-2)31(48-3)21-28(29)27-15-16-30(35(45)39-22-23-9-10-23)41-32(27)36(46)49-19-17-43;2-1-3/h5,11-16,20-21,23,43H,2,4,6-10,17-19,22H2,1,3H3,(H,39,45)(H,40,44)(H2,38,42,47);1H2. The third kappa shape index (κ3) is 13.2. The number of hydrogen-bond acceptors (Lipinski definition) is 10. The molecule has 53 heavy (non-hydrogen) atoms. The molecule has 1 aliphatic carbocycles. The van der Waals surface area contributed by atoms with E-state index in [1.807, 2.05) is 0 Å². The van der Waals surface area contributed by atoms with E-state index in [4.69, 9.17) is 42.8 Å². The van der Waals surface area contributed by atoms with E-state index < -0.39 is 30.5 Å². The Hall–Kier alpha value is -4.98. The molecule has 0 unspecified atom stereocenters. The summed E-state index contributed by atoms with van der Waals surface area (Å²) in [5, 5.41) is 25.8. The highest BCUT2D eigenvalue weighted by Crippen LogP contribution is 2.35. The Morgan fingerprint density at radius 2 is 1.70 bits per heavy atom. The molecule has 2 aromatic carbocycles. The monoisotopic (exact) mass is 769 g/mol. The number of amides is 3. The SMILES string of the molecule is C=Cc1cc(C(=O)Nc2ccc(C(=N)NC(=O)OCCCCCC)cc2)c(-c2ccc(C(=O)NCC3CC3)nc2C(=O)OCCO)cc1OC.ClCCl. The molecule has 0 bridgehead atoms. The van der Waals surface area contributed by atoms with Crippen LogP contribution in [-0.4, -0.2) is 78.6 Å². The van der Waals surface area contributed by atoms with Crippen LogP contribution in [0.15, 0.2) is 55.1 Å². The summed E-state index contributed by atoms with van der Waals surface area (Å²) in [6, 6.07) is 12.4. The first-order valence-electron chi connectivity index (χ1n) is 17.1. The minimum absolute atomic E-state index is 0.00795. The number of rotatable bonds is 17. The van der Waals surface area contributed by atoms with Crippen molar-refractivity contribution in [2.45, 2.75) is 45.4 Å². The number of hydrogen-bond donors (Lipinski definition) is 5. The number of benzene rings is 2. The topological polar surface area (TPSA) is 189 Å². The van der Waals surface area contributed by atoms with Crippen molar-refractivity contribution < 1.29 is 38.5 Å². The van der Waals surface area contributed by atoms with Gasteiger partial charge in [-0.25, -0.2) is 14.6 Å². The van der Waals surface area contributed by atoms with Crippen LogP contribution in [0.25, 0.3) is 17.2 Å². The third-order valence-corrected chi connectivity index (χ3v) is 7.91. The van der Waals surface area contributed by atoms with Crippen LogP contribution in [0.4, 0.5) is 10.5 Å². The van der Waals surface area contributed by atoms with Crippen LogP contribution in [0.5, 0.6) is 5.75 Å². The molecule has 0 saturated heterocycles. The number of amidine groups is 1. The molecule has 0 aliphatic heterocycles. The van der Waals surface area contributed by atoms with Gasteiger partial charge in [0.05, 0.1) is 25.7 Å². The number of pyridine rings is 1.